The van der Waals surface area contributed by atoms with Crippen molar-refractivity contribution in [3.05, 3.63) is 0 Å². The van der Waals surface area contributed by atoms with Gasteiger partial charge in [-0.1, -0.05) is 285 Å². The molecule has 0 saturated heterocycles. The molecule has 85 heavy (non-hydrogen) atoms. The molecule has 0 bridgehead atoms. The van der Waals surface area contributed by atoms with E-state index in [1.807, 2.05) is 0 Å². The van der Waals surface area contributed by atoms with Crippen LogP contribution in [0.4, 0.5) is 0 Å². The van der Waals surface area contributed by atoms with E-state index in [9.17, 15) is 43.2 Å². The summed E-state index contributed by atoms with van der Waals surface area (Å²) in [6.07, 6.45) is 45.2. The summed E-state index contributed by atoms with van der Waals surface area (Å²) in [5.41, 5.74) is 0. The van der Waals surface area contributed by atoms with Gasteiger partial charge in [-0.15, -0.1) is 0 Å². The second-order valence-electron chi connectivity index (χ2n) is 24.1. The summed E-state index contributed by atoms with van der Waals surface area (Å²) in [6.45, 7) is 7.04. The molecule has 0 radical (unpaired) electrons. The number of hydrogen-bond donors (Lipinski definition) is 3. The molecule has 3 N–H and O–H groups in total. The minimum atomic E-state index is -4.94. The summed E-state index contributed by atoms with van der Waals surface area (Å²) in [5.74, 6) is -1.42. The molecule has 0 saturated carbocycles. The fraction of sp³-hybridized carbons (Fsp3) is 0.939. The summed E-state index contributed by atoms with van der Waals surface area (Å²) >= 11 is 0. The third kappa shape index (κ3) is 59.5. The molecular formula is C66H128O17P2. The largest absolute Gasteiger partial charge is 0.472 e. The van der Waals surface area contributed by atoms with Crippen LogP contribution in [-0.4, -0.2) is 96.7 Å². The van der Waals surface area contributed by atoms with E-state index in [1.165, 1.54) is 141 Å². The van der Waals surface area contributed by atoms with Crippen molar-refractivity contribution in [1.29, 1.82) is 0 Å². The van der Waals surface area contributed by atoms with Crippen molar-refractivity contribution in [2.24, 2.45) is 5.92 Å². The Morgan fingerprint density at radius 2 is 0.565 bits per heavy atom. The third-order valence-electron chi connectivity index (χ3n) is 15.6. The number of ether oxygens (including phenoxy) is 4. The van der Waals surface area contributed by atoms with Gasteiger partial charge in [0.15, 0.2) is 12.2 Å². The summed E-state index contributed by atoms with van der Waals surface area (Å²) in [6, 6.07) is 0. The van der Waals surface area contributed by atoms with Crippen LogP contribution in [-0.2, 0) is 65.4 Å². The number of phosphoric ester groups is 2. The normalized spacial score (nSPS) is 14.5. The lowest BCUT2D eigenvalue weighted by atomic mass is 10.00. The Kier molecular flexibility index (Phi) is 58.3. The molecule has 0 aromatic carbocycles. The fourth-order valence-corrected chi connectivity index (χ4v) is 11.5. The highest BCUT2D eigenvalue weighted by Gasteiger charge is 2.30. The summed E-state index contributed by atoms with van der Waals surface area (Å²) in [7, 11) is -9.87. The number of carbonyl (C=O) groups excluding carboxylic acids is 4. The van der Waals surface area contributed by atoms with Gasteiger partial charge in [-0.05, 0) is 31.6 Å². The Morgan fingerprint density at radius 1 is 0.329 bits per heavy atom. The standard InChI is InChI=1S/C66H128O17P2/c1-6-10-13-16-18-20-21-22-23-24-25-26-27-28-29-30-31-32-33-35-42-47-52-66(71)83-62(56-77-64(69)50-45-40-37-36-39-43-48-59(5)9-4)58-81-85(74,75)79-54-60(67)53-78-84(72,73)80-57-61(55-76-63(68)49-44-38-15-12-8-3)82-65(70)51-46-41-34-19-17-14-11-7-2/h59-62,67H,6-58H2,1-5H3,(H,72,73)(H,74,75)/t59?,60-,61+,62+/m0/s1. The predicted octanol–water partition coefficient (Wildman–Crippen LogP) is 18.6. The number of aliphatic hydroxyl groups is 1. The molecule has 6 atom stereocenters. The van der Waals surface area contributed by atoms with E-state index in [-0.39, 0.29) is 25.7 Å². The zero-order chi connectivity index (χ0) is 62.8. The van der Waals surface area contributed by atoms with E-state index in [2.05, 4.69) is 34.6 Å². The Labute approximate surface area is 517 Å². The molecule has 0 aliphatic heterocycles. The first-order valence-electron chi connectivity index (χ1n) is 34.7. The topological polar surface area (TPSA) is 237 Å². The molecule has 0 aliphatic rings. The molecule has 0 aromatic rings. The minimum Gasteiger partial charge on any atom is -0.462 e. The average Bonchev–Trinajstić information content (AvgIpc) is 3.60. The van der Waals surface area contributed by atoms with Crippen LogP contribution < -0.4 is 0 Å². The summed E-state index contributed by atoms with van der Waals surface area (Å²) < 4.78 is 67.7. The van der Waals surface area contributed by atoms with Crippen molar-refractivity contribution in [2.45, 2.75) is 355 Å². The molecule has 0 aliphatic carbocycles. The quantitative estimate of drug-likeness (QED) is 0.0222. The van der Waals surface area contributed by atoms with Gasteiger partial charge in [0.2, 0.25) is 0 Å². The monoisotopic (exact) mass is 1250 g/mol. The smallest absolute Gasteiger partial charge is 0.462 e. The van der Waals surface area contributed by atoms with Crippen molar-refractivity contribution in [1.82, 2.24) is 0 Å². The van der Waals surface area contributed by atoms with Crippen LogP contribution in [0.25, 0.3) is 0 Å². The van der Waals surface area contributed by atoms with E-state index in [1.54, 1.807) is 0 Å². The SMILES string of the molecule is CCCCCCCCCCCCCCCCCCCCCCCCC(=O)O[C@H](COC(=O)CCCCCCCCC(C)CC)COP(=O)(O)OC[C@@H](O)COP(=O)(O)OC[C@@H](COC(=O)CCCCCCC)OC(=O)CCCCCCCCCC. The number of carbonyl (C=O) groups is 4. The number of unbranched alkanes of at least 4 members (excludes halogenated alkanes) is 37. The molecule has 0 heterocycles. The molecule has 0 aromatic heterocycles. The van der Waals surface area contributed by atoms with Crippen LogP contribution >= 0.6 is 15.6 Å². The zero-order valence-electron chi connectivity index (χ0n) is 54.7. The van der Waals surface area contributed by atoms with Gasteiger partial charge in [0, 0.05) is 25.7 Å². The van der Waals surface area contributed by atoms with Crippen molar-refractivity contribution < 1.29 is 80.2 Å². The van der Waals surface area contributed by atoms with Crippen molar-refractivity contribution in [3.63, 3.8) is 0 Å². The van der Waals surface area contributed by atoms with Crippen molar-refractivity contribution >= 4 is 39.5 Å². The average molecular weight is 1260 g/mol. The summed E-state index contributed by atoms with van der Waals surface area (Å²) in [5, 5.41) is 10.5. The third-order valence-corrected chi connectivity index (χ3v) is 17.5. The molecule has 0 spiro atoms. The van der Waals surface area contributed by atoms with Gasteiger partial charge in [0.05, 0.1) is 26.4 Å². The molecule has 19 heteroatoms. The molecule has 3 unspecified atom stereocenters. The van der Waals surface area contributed by atoms with Crippen LogP contribution in [0, 0.1) is 5.92 Å². The van der Waals surface area contributed by atoms with Crippen molar-refractivity contribution in [3.8, 4) is 0 Å². The van der Waals surface area contributed by atoms with Gasteiger partial charge in [0.25, 0.3) is 0 Å². The predicted molar refractivity (Wildman–Crippen MR) is 340 cm³/mol. The molecular weight excluding hydrogens is 1130 g/mol. The highest BCUT2D eigenvalue weighted by atomic mass is 31.2. The van der Waals surface area contributed by atoms with Crippen molar-refractivity contribution in [2.75, 3.05) is 39.6 Å². The number of rotatable bonds is 66. The first-order chi connectivity index (χ1) is 41.1. The lowest BCUT2D eigenvalue weighted by molar-refractivity contribution is -0.161. The molecule has 504 valence electrons. The maximum Gasteiger partial charge on any atom is 0.472 e. The second-order valence-corrected chi connectivity index (χ2v) is 27.0. The van der Waals surface area contributed by atoms with E-state index in [0.717, 1.165) is 115 Å². The van der Waals surface area contributed by atoms with Gasteiger partial charge in [0.1, 0.15) is 19.3 Å². The minimum absolute atomic E-state index is 0.104. The highest BCUT2D eigenvalue weighted by Crippen LogP contribution is 2.45. The van der Waals surface area contributed by atoms with Crippen LogP contribution in [0.1, 0.15) is 336 Å². The Balaban J connectivity index is 5.04. The fourth-order valence-electron chi connectivity index (χ4n) is 9.90. The maximum absolute atomic E-state index is 13.0. The first-order valence-corrected chi connectivity index (χ1v) is 37.7. The number of aliphatic hydroxyl groups excluding tert-OH is 1. The van der Waals surface area contributed by atoms with E-state index < -0.39 is 97.5 Å². The van der Waals surface area contributed by atoms with Gasteiger partial charge in [-0.3, -0.25) is 37.3 Å². The van der Waals surface area contributed by atoms with Crippen LogP contribution in [0.2, 0.25) is 0 Å². The molecule has 0 amide bonds. The zero-order valence-corrected chi connectivity index (χ0v) is 56.5. The van der Waals surface area contributed by atoms with Crippen LogP contribution in [0.15, 0.2) is 0 Å². The molecule has 17 nitrogen and oxygen atoms in total. The Morgan fingerprint density at radius 3 is 0.835 bits per heavy atom. The highest BCUT2D eigenvalue weighted by molar-refractivity contribution is 7.47. The Hall–Kier alpha value is -1.94. The summed E-state index contributed by atoms with van der Waals surface area (Å²) in [4.78, 5) is 71.9. The lowest BCUT2D eigenvalue weighted by Crippen LogP contribution is -2.30. The van der Waals surface area contributed by atoms with E-state index in [4.69, 9.17) is 37.0 Å². The van der Waals surface area contributed by atoms with E-state index in [0.29, 0.717) is 25.7 Å². The maximum atomic E-state index is 13.0. The first kappa shape index (κ1) is 83.1. The lowest BCUT2D eigenvalue weighted by Gasteiger charge is -2.21. The number of esters is 4. The van der Waals surface area contributed by atoms with Gasteiger partial charge in [-0.2, -0.15) is 0 Å². The molecule has 0 fully saturated rings. The van der Waals surface area contributed by atoms with Gasteiger partial charge in [-0.25, -0.2) is 9.13 Å². The number of hydrogen-bond acceptors (Lipinski definition) is 15. The van der Waals surface area contributed by atoms with Gasteiger partial charge < -0.3 is 33.8 Å². The second kappa shape index (κ2) is 59.7. The van der Waals surface area contributed by atoms with Crippen LogP contribution in [0.3, 0.4) is 0 Å². The van der Waals surface area contributed by atoms with Gasteiger partial charge >= 0.3 is 39.5 Å². The van der Waals surface area contributed by atoms with E-state index >= 15 is 0 Å². The van der Waals surface area contributed by atoms with Crippen LogP contribution in [0.5, 0.6) is 0 Å². The molecule has 0 rings (SSSR count). The Bertz CT molecular complexity index is 1650. The number of phosphoric acid groups is 2.